The first-order valence-corrected chi connectivity index (χ1v) is 12.7. The summed E-state index contributed by atoms with van der Waals surface area (Å²) in [4.78, 5) is 30.6. The zero-order valence-electron chi connectivity index (χ0n) is 21.9. The van der Waals surface area contributed by atoms with E-state index >= 15 is 0 Å². The summed E-state index contributed by atoms with van der Waals surface area (Å²) in [6.45, 7) is 9.23. The van der Waals surface area contributed by atoms with Crippen molar-refractivity contribution in [1.82, 2.24) is 30.1 Å². The van der Waals surface area contributed by atoms with Crippen molar-refractivity contribution in [3.8, 4) is 0 Å². The van der Waals surface area contributed by atoms with Crippen LogP contribution in [-0.4, -0.2) is 49.2 Å². The van der Waals surface area contributed by atoms with Gasteiger partial charge >= 0.3 is 5.97 Å². The molecule has 1 atom stereocenters. The summed E-state index contributed by atoms with van der Waals surface area (Å²) in [5.74, 6) is 0.186. The Labute approximate surface area is 216 Å². The lowest BCUT2D eigenvalue weighted by atomic mass is 10.0. The number of fused-ring (bicyclic) bond motifs is 1. The summed E-state index contributed by atoms with van der Waals surface area (Å²) < 4.78 is 6.61. The van der Waals surface area contributed by atoms with Crippen LogP contribution in [0.25, 0.3) is 10.9 Å². The standard InChI is InChI=1S/C28H34N6O3/c1-5-25(27-30-31-32-34(27)18-26(35)37-6-2)33(13-12-21-10-8-7-9-11-21)17-22-16-23-20(4)14-19(3)15-24(23)29-28(22)36/h7-11,14-16,25H,5-6,12-13,17-18H2,1-4H3,(H,29,36). The Balaban J connectivity index is 1.69. The fourth-order valence-electron chi connectivity index (χ4n) is 4.81. The number of nitrogens with one attached hydrogen (secondary N) is 1. The number of carbonyl (C=O) groups is 1. The van der Waals surface area contributed by atoms with E-state index in [1.165, 1.54) is 10.2 Å². The number of nitrogens with zero attached hydrogens (tertiary/aromatic N) is 5. The number of tetrazole rings is 1. The predicted octanol–water partition coefficient (Wildman–Crippen LogP) is 3.89. The van der Waals surface area contributed by atoms with Crippen molar-refractivity contribution < 1.29 is 9.53 Å². The van der Waals surface area contributed by atoms with Crippen LogP contribution in [0.15, 0.2) is 53.3 Å². The Morgan fingerprint density at radius 3 is 2.65 bits per heavy atom. The van der Waals surface area contributed by atoms with Gasteiger partial charge in [0.05, 0.1) is 12.6 Å². The second-order valence-electron chi connectivity index (χ2n) is 9.30. The molecule has 37 heavy (non-hydrogen) atoms. The molecule has 2 aromatic heterocycles. The molecule has 0 fully saturated rings. The first-order valence-electron chi connectivity index (χ1n) is 12.7. The van der Waals surface area contributed by atoms with E-state index < -0.39 is 5.97 Å². The third-order valence-corrected chi connectivity index (χ3v) is 6.56. The monoisotopic (exact) mass is 502 g/mol. The number of aryl methyl sites for hydroxylation is 2. The molecule has 0 aliphatic rings. The number of ether oxygens (including phenoxy) is 1. The zero-order chi connectivity index (χ0) is 26.4. The van der Waals surface area contributed by atoms with E-state index in [-0.39, 0.29) is 18.1 Å². The minimum Gasteiger partial charge on any atom is -0.465 e. The SMILES string of the molecule is CCOC(=O)Cn1nnnc1C(CC)N(CCc1ccccc1)Cc1cc2c(C)cc(C)cc2[nH]c1=O. The summed E-state index contributed by atoms with van der Waals surface area (Å²) >= 11 is 0. The molecule has 194 valence electrons. The van der Waals surface area contributed by atoms with Gasteiger partial charge in [-0.1, -0.05) is 43.3 Å². The van der Waals surface area contributed by atoms with Crippen LogP contribution in [0.5, 0.6) is 0 Å². The molecule has 0 aliphatic carbocycles. The maximum Gasteiger partial charge on any atom is 0.327 e. The van der Waals surface area contributed by atoms with E-state index in [0.29, 0.717) is 37.5 Å². The number of aromatic amines is 1. The number of rotatable bonds is 11. The van der Waals surface area contributed by atoms with Crippen LogP contribution < -0.4 is 5.56 Å². The van der Waals surface area contributed by atoms with Crippen molar-refractivity contribution in [3.05, 3.63) is 87.0 Å². The van der Waals surface area contributed by atoms with Crippen LogP contribution >= 0.6 is 0 Å². The van der Waals surface area contributed by atoms with Crippen LogP contribution in [-0.2, 0) is 29.0 Å². The Hall–Kier alpha value is -3.85. The van der Waals surface area contributed by atoms with Gasteiger partial charge in [-0.2, -0.15) is 0 Å². The topological polar surface area (TPSA) is 106 Å². The minimum atomic E-state index is -0.390. The van der Waals surface area contributed by atoms with Crippen LogP contribution in [0.3, 0.4) is 0 Å². The van der Waals surface area contributed by atoms with Gasteiger partial charge in [0.2, 0.25) is 0 Å². The number of hydrogen-bond acceptors (Lipinski definition) is 7. The maximum atomic E-state index is 13.2. The maximum absolute atomic E-state index is 13.2. The van der Waals surface area contributed by atoms with Crippen molar-refractivity contribution in [3.63, 3.8) is 0 Å². The summed E-state index contributed by atoms with van der Waals surface area (Å²) in [6, 6.07) is 16.1. The molecular weight excluding hydrogens is 468 g/mol. The van der Waals surface area contributed by atoms with Gasteiger partial charge in [-0.3, -0.25) is 14.5 Å². The molecular formula is C28H34N6O3. The molecule has 2 aromatic carbocycles. The third-order valence-electron chi connectivity index (χ3n) is 6.56. The summed E-state index contributed by atoms with van der Waals surface area (Å²) in [5, 5.41) is 13.2. The molecule has 0 amide bonds. The molecule has 4 rings (SSSR count). The molecule has 0 saturated carbocycles. The fourth-order valence-corrected chi connectivity index (χ4v) is 4.81. The van der Waals surface area contributed by atoms with Crippen molar-refractivity contribution in [2.24, 2.45) is 0 Å². The van der Waals surface area contributed by atoms with E-state index in [0.717, 1.165) is 28.5 Å². The van der Waals surface area contributed by atoms with Gasteiger partial charge in [0, 0.05) is 29.6 Å². The highest BCUT2D eigenvalue weighted by Crippen LogP contribution is 2.26. The minimum absolute atomic E-state index is 0.0612. The molecule has 1 N–H and O–H groups in total. The number of benzene rings is 2. The Kier molecular flexibility index (Phi) is 8.45. The number of esters is 1. The summed E-state index contributed by atoms with van der Waals surface area (Å²) in [6.07, 6.45) is 1.49. The average Bonchev–Trinajstić information content (AvgIpc) is 3.31. The Bertz CT molecular complexity index is 1410. The molecule has 1 unspecified atom stereocenters. The molecule has 2 heterocycles. The molecule has 9 nitrogen and oxygen atoms in total. The van der Waals surface area contributed by atoms with Crippen molar-refractivity contribution in [2.45, 2.75) is 59.7 Å². The normalized spacial score (nSPS) is 12.2. The quantitative estimate of drug-likeness (QED) is 0.310. The van der Waals surface area contributed by atoms with Gasteiger partial charge in [0.25, 0.3) is 5.56 Å². The molecule has 0 bridgehead atoms. The zero-order valence-corrected chi connectivity index (χ0v) is 21.9. The van der Waals surface area contributed by atoms with E-state index in [1.54, 1.807) is 6.92 Å². The van der Waals surface area contributed by atoms with E-state index in [9.17, 15) is 9.59 Å². The van der Waals surface area contributed by atoms with Crippen LogP contribution in [0.1, 0.15) is 54.4 Å². The lowest BCUT2D eigenvalue weighted by Crippen LogP contribution is -2.34. The van der Waals surface area contributed by atoms with Gasteiger partial charge in [-0.05, 0) is 72.9 Å². The van der Waals surface area contributed by atoms with E-state index in [4.69, 9.17) is 4.74 Å². The second kappa shape index (κ2) is 11.9. The Morgan fingerprint density at radius 1 is 1.14 bits per heavy atom. The summed E-state index contributed by atoms with van der Waals surface area (Å²) in [5.41, 5.74) is 4.84. The predicted molar refractivity (Wildman–Crippen MR) is 142 cm³/mol. The van der Waals surface area contributed by atoms with Crippen LogP contribution in [0.4, 0.5) is 0 Å². The van der Waals surface area contributed by atoms with Crippen molar-refractivity contribution in [1.29, 1.82) is 0 Å². The van der Waals surface area contributed by atoms with Crippen molar-refractivity contribution in [2.75, 3.05) is 13.2 Å². The number of carbonyl (C=O) groups excluding carboxylic acids is 1. The van der Waals surface area contributed by atoms with Gasteiger partial charge < -0.3 is 9.72 Å². The number of hydrogen-bond donors (Lipinski definition) is 1. The summed E-state index contributed by atoms with van der Waals surface area (Å²) in [7, 11) is 0. The third kappa shape index (κ3) is 6.29. The fraction of sp³-hybridized carbons (Fsp3) is 0.393. The highest BCUT2D eigenvalue weighted by molar-refractivity contribution is 5.83. The average molecular weight is 503 g/mol. The first kappa shape index (κ1) is 26.2. The molecule has 9 heteroatoms. The number of pyridine rings is 1. The van der Waals surface area contributed by atoms with E-state index in [2.05, 4.69) is 57.5 Å². The highest BCUT2D eigenvalue weighted by Gasteiger charge is 2.26. The number of H-pyrrole nitrogens is 1. The molecule has 4 aromatic rings. The van der Waals surface area contributed by atoms with Crippen LogP contribution in [0, 0.1) is 13.8 Å². The van der Waals surface area contributed by atoms with Crippen LogP contribution in [0.2, 0.25) is 0 Å². The lowest BCUT2D eigenvalue weighted by molar-refractivity contribution is -0.144. The van der Waals surface area contributed by atoms with Gasteiger partial charge in [0.15, 0.2) is 5.82 Å². The number of aromatic nitrogens is 5. The first-order chi connectivity index (χ1) is 17.9. The smallest absolute Gasteiger partial charge is 0.327 e. The van der Waals surface area contributed by atoms with Crippen molar-refractivity contribution >= 4 is 16.9 Å². The second-order valence-corrected chi connectivity index (χ2v) is 9.30. The van der Waals surface area contributed by atoms with E-state index in [1.807, 2.05) is 37.3 Å². The highest BCUT2D eigenvalue weighted by atomic mass is 16.5. The molecule has 0 spiro atoms. The molecule has 0 radical (unpaired) electrons. The van der Waals surface area contributed by atoms with Gasteiger partial charge in [-0.15, -0.1) is 5.10 Å². The molecule has 0 saturated heterocycles. The van der Waals surface area contributed by atoms with Gasteiger partial charge in [0.1, 0.15) is 6.54 Å². The lowest BCUT2D eigenvalue weighted by Gasteiger charge is -2.30. The largest absolute Gasteiger partial charge is 0.465 e. The molecule has 0 aliphatic heterocycles. The van der Waals surface area contributed by atoms with Gasteiger partial charge in [-0.25, -0.2) is 4.68 Å². The Morgan fingerprint density at radius 2 is 1.92 bits per heavy atom.